The van der Waals surface area contributed by atoms with Crippen LogP contribution in [0.15, 0.2) is 18.3 Å². The summed E-state index contributed by atoms with van der Waals surface area (Å²) < 4.78 is 6.17. The highest BCUT2D eigenvalue weighted by molar-refractivity contribution is 5.99. The average molecular weight is 275 g/mol. The molecule has 0 saturated carbocycles. The summed E-state index contributed by atoms with van der Waals surface area (Å²) in [4.78, 5) is 16.0. The molecule has 0 aromatic carbocycles. The number of carbonyl (C=O) groups is 1. The van der Waals surface area contributed by atoms with Gasteiger partial charge in [-0.15, -0.1) is 5.10 Å². The first-order valence-corrected chi connectivity index (χ1v) is 6.22. The highest BCUT2D eigenvalue weighted by atomic mass is 16.5. The summed E-state index contributed by atoms with van der Waals surface area (Å²) in [5, 5.41) is 7.29. The average Bonchev–Trinajstić information content (AvgIpc) is 2.75. The lowest BCUT2D eigenvalue weighted by atomic mass is 10.3. The number of nitrogens with zero attached hydrogens (tertiary/aromatic N) is 3. The van der Waals surface area contributed by atoms with Crippen LogP contribution in [-0.4, -0.2) is 34.4 Å². The first-order chi connectivity index (χ1) is 9.58. The maximum atomic E-state index is 11.8. The number of anilines is 2. The third-order valence-electron chi connectivity index (χ3n) is 2.77. The number of hydrogen-bond acceptors (Lipinski definition) is 6. The second-order valence-electron chi connectivity index (χ2n) is 4.23. The third-order valence-corrected chi connectivity index (χ3v) is 2.77. The van der Waals surface area contributed by atoms with Crippen molar-refractivity contribution < 1.29 is 9.53 Å². The number of aryl methyl sites for hydroxylation is 1. The molecule has 0 unspecified atom stereocenters. The van der Waals surface area contributed by atoms with Crippen LogP contribution >= 0.6 is 0 Å². The fourth-order valence-corrected chi connectivity index (χ4v) is 1.84. The molecule has 0 aliphatic rings. The molecule has 0 amide bonds. The number of nitrogens with one attached hydrogen (secondary N) is 1. The van der Waals surface area contributed by atoms with Gasteiger partial charge in [-0.2, -0.15) is 4.68 Å². The lowest BCUT2D eigenvalue weighted by molar-refractivity contribution is 0.0603. The Bertz CT molecular complexity index is 636. The maximum Gasteiger partial charge on any atom is 0.345 e. The quantitative estimate of drug-likeness (QED) is 0.818. The highest BCUT2D eigenvalue weighted by Crippen LogP contribution is 2.25. The Morgan fingerprint density at radius 3 is 2.90 bits per heavy atom. The maximum absolute atomic E-state index is 11.8. The van der Waals surface area contributed by atoms with Gasteiger partial charge in [0.15, 0.2) is 11.6 Å². The zero-order valence-electron chi connectivity index (χ0n) is 11.7. The van der Waals surface area contributed by atoms with Crippen molar-refractivity contribution in [2.24, 2.45) is 0 Å². The number of nitrogens with two attached hydrogens (primary N) is 1. The Hall–Kier alpha value is -2.57. The second-order valence-corrected chi connectivity index (χ2v) is 4.23. The molecular weight excluding hydrogens is 258 g/mol. The summed E-state index contributed by atoms with van der Waals surface area (Å²) in [6, 6.07) is 3.70. The minimum atomic E-state index is -0.530. The Morgan fingerprint density at radius 2 is 2.30 bits per heavy atom. The van der Waals surface area contributed by atoms with Crippen molar-refractivity contribution in [3.63, 3.8) is 0 Å². The molecule has 7 heteroatoms. The fraction of sp³-hybridized carbons (Fsp3) is 0.308. The van der Waals surface area contributed by atoms with E-state index in [0.29, 0.717) is 18.2 Å². The topological polar surface area (TPSA) is 95.1 Å². The van der Waals surface area contributed by atoms with Gasteiger partial charge < -0.3 is 15.8 Å². The first kappa shape index (κ1) is 13.9. The van der Waals surface area contributed by atoms with Crippen molar-refractivity contribution in [2.45, 2.75) is 13.8 Å². The molecular formula is C13H17N5O2. The van der Waals surface area contributed by atoms with Crippen LogP contribution in [0.3, 0.4) is 0 Å². The number of pyridine rings is 1. The summed E-state index contributed by atoms with van der Waals surface area (Å²) >= 11 is 0. The van der Waals surface area contributed by atoms with Crippen LogP contribution in [0.1, 0.15) is 22.8 Å². The van der Waals surface area contributed by atoms with Crippen molar-refractivity contribution >= 4 is 17.6 Å². The summed E-state index contributed by atoms with van der Waals surface area (Å²) in [6.45, 7) is 4.46. The van der Waals surface area contributed by atoms with Gasteiger partial charge in [0.1, 0.15) is 11.4 Å². The molecule has 0 aliphatic heterocycles. The molecule has 0 atom stereocenters. The Balaban J connectivity index is 2.58. The predicted molar refractivity (Wildman–Crippen MR) is 76.0 cm³/mol. The molecule has 7 nitrogen and oxygen atoms in total. The van der Waals surface area contributed by atoms with E-state index in [2.05, 4.69) is 15.4 Å². The number of nitrogen functional groups attached to an aromatic ring is 1. The Labute approximate surface area is 116 Å². The Morgan fingerprint density at radius 1 is 1.55 bits per heavy atom. The van der Waals surface area contributed by atoms with Gasteiger partial charge in [0.05, 0.1) is 7.11 Å². The molecule has 106 valence electrons. The molecule has 2 aromatic heterocycles. The summed E-state index contributed by atoms with van der Waals surface area (Å²) in [6.07, 6.45) is 1.66. The molecule has 2 heterocycles. The van der Waals surface area contributed by atoms with E-state index >= 15 is 0 Å². The van der Waals surface area contributed by atoms with Crippen LogP contribution < -0.4 is 11.1 Å². The summed E-state index contributed by atoms with van der Waals surface area (Å²) in [5.41, 5.74) is 7.26. The van der Waals surface area contributed by atoms with Crippen LogP contribution in [0.25, 0.3) is 5.82 Å². The zero-order valence-corrected chi connectivity index (χ0v) is 11.7. The fourth-order valence-electron chi connectivity index (χ4n) is 1.84. The number of methoxy groups -OCH3 is 1. The van der Waals surface area contributed by atoms with E-state index in [1.807, 2.05) is 26.0 Å². The van der Waals surface area contributed by atoms with Gasteiger partial charge in [-0.1, -0.05) is 0 Å². The van der Waals surface area contributed by atoms with Crippen molar-refractivity contribution in [3.8, 4) is 5.82 Å². The van der Waals surface area contributed by atoms with Gasteiger partial charge in [-0.05, 0) is 31.5 Å². The van der Waals surface area contributed by atoms with Crippen molar-refractivity contribution in [3.05, 3.63) is 29.5 Å². The van der Waals surface area contributed by atoms with Gasteiger partial charge in [0, 0.05) is 12.7 Å². The molecule has 0 bridgehead atoms. The van der Waals surface area contributed by atoms with Crippen LogP contribution in [0, 0.1) is 6.92 Å². The van der Waals surface area contributed by atoms with Crippen molar-refractivity contribution in [2.75, 3.05) is 24.7 Å². The molecule has 20 heavy (non-hydrogen) atoms. The SMILES string of the molecule is CCNc1nn(-c2cc(C)ccn2)c(N)c1C(=O)OC. The standard InChI is InChI=1S/C13H17N5O2/c1-4-15-12-10(13(19)20-3)11(14)18(17-12)9-7-8(2)5-6-16-9/h5-7H,4,14H2,1-3H3,(H,15,17). The van der Waals surface area contributed by atoms with Gasteiger partial charge in [0.2, 0.25) is 0 Å². The molecule has 0 saturated heterocycles. The highest BCUT2D eigenvalue weighted by Gasteiger charge is 2.23. The van der Waals surface area contributed by atoms with E-state index in [4.69, 9.17) is 10.5 Å². The van der Waals surface area contributed by atoms with E-state index in [0.717, 1.165) is 5.56 Å². The van der Waals surface area contributed by atoms with E-state index in [1.165, 1.54) is 11.8 Å². The molecule has 0 fully saturated rings. The number of rotatable bonds is 4. The number of esters is 1. The van der Waals surface area contributed by atoms with Crippen LogP contribution in [0.5, 0.6) is 0 Å². The van der Waals surface area contributed by atoms with Crippen LogP contribution in [0.2, 0.25) is 0 Å². The van der Waals surface area contributed by atoms with Crippen LogP contribution in [0.4, 0.5) is 11.6 Å². The number of ether oxygens (including phenoxy) is 1. The number of carbonyl (C=O) groups excluding carboxylic acids is 1. The van der Waals surface area contributed by atoms with Crippen LogP contribution in [-0.2, 0) is 4.74 Å². The zero-order chi connectivity index (χ0) is 14.7. The monoisotopic (exact) mass is 275 g/mol. The van der Waals surface area contributed by atoms with Gasteiger partial charge in [0.25, 0.3) is 0 Å². The van der Waals surface area contributed by atoms with Gasteiger partial charge >= 0.3 is 5.97 Å². The second kappa shape index (κ2) is 5.60. The number of hydrogen-bond donors (Lipinski definition) is 2. The number of aromatic nitrogens is 3. The molecule has 3 N–H and O–H groups in total. The first-order valence-electron chi connectivity index (χ1n) is 6.22. The minimum Gasteiger partial charge on any atom is -0.465 e. The molecule has 0 aliphatic carbocycles. The molecule has 0 spiro atoms. The summed E-state index contributed by atoms with van der Waals surface area (Å²) in [5.74, 6) is 0.611. The largest absolute Gasteiger partial charge is 0.465 e. The molecule has 2 aromatic rings. The Kier molecular flexibility index (Phi) is 3.88. The van der Waals surface area contributed by atoms with E-state index in [1.54, 1.807) is 6.20 Å². The van der Waals surface area contributed by atoms with E-state index < -0.39 is 5.97 Å². The van der Waals surface area contributed by atoms with E-state index in [9.17, 15) is 4.79 Å². The predicted octanol–water partition coefficient (Wildman–Crippen LogP) is 1.38. The van der Waals surface area contributed by atoms with Gasteiger partial charge in [-0.3, -0.25) is 0 Å². The van der Waals surface area contributed by atoms with E-state index in [-0.39, 0.29) is 11.4 Å². The lowest BCUT2D eigenvalue weighted by Crippen LogP contribution is -2.09. The van der Waals surface area contributed by atoms with Crippen molar-refractivity contribution in [1.82, 2.24) is 14.8 Å². The third kappa shape index (κ3) is 2.42. The molecule has 0 radical (unpaired) electrons. The smallest absolute Gasteiger partial charge is 0.345 e. The lowest BCUT2D eigenvalue weighted by Gasteiger charge is -2.04. The normalized spacial score (nSPS) is 10.3. The van der Waals surface area contributed by atoms with Crippen molar-refractivity contribution in [1.29, 1.82) is 0 Å². The molecule has 2 rings (SSSR count). The van der Waals surface area contributed by atoms with Gasteiger partial charge in [-0.25, -0.2) is 9.78 Å². The minimum absolute atomic E-state index is 0.200. The summed E-state index contributed by atoms with van der Waals surface area (Å²) in [7, 11) is 1.31.